The molecule has 3 amide bonds. The molecule has 268 valence electrons. The van der Waals surface area contributed by atoms with E-state index in [0.717, 1.165) is 36.1 Å². The Hall–Kier alpha value is -4.31. The predicted molar refractivity (Wildman–Crippen MR) is 196 cm³/mol. The van der Waals surface area contributed by atoms with Crippen LogP contribution in [0.3, 0.4) is 0 Å². The Kier molecular flexibility index (Phi) is 11.6. The molecular weight excluding hydrogens is 640 g/mol. The largest absolute Gasteiger partial charge is 0.374 e. The van der Waals surface area contributed by atoms with E-state index in [1.54, 1.807) is 9.80 Å². The predicted octanol–water partition coefficient (Wildman–Crippen LogP) is 5.54. The van der Waals surface area contributed by atoms with Gasteiger partial charge in [0.1, 0.15) is 18.7 Å². The molecule has 0 unspecified atom stereocenters. The lowest BCUT2D eigenvalue weighted by molar-refractivity contribution is -0.176. The van der Waals surface area contributed by atoms with Crippen molar-refractivity contribution in [2.75, 3.05) is 45.9 Å². The van der Waals surface area contributed by atoms with E-state index in [2.05, 4.69) is 4.90 Å². The lowest BCUT2D eigenvalue weighted by Crippen LogP contribution is -2.75. The number of carbonyl (C=O) groups is 3. The van der Waals surface area contributed by atoms with E-state index in [1.165, 1.54) is 38.8 Å². The van der Waals surface area contributed by atoms with Crippen molar-refractivity contribution in [3.8, 4) is 0 Å². The molecule has 4 atom stereocenters. The second-order valence-electron chi connectivity index (χ2n) is 14.3. The first-order valence-corrected chi connectivity index (χ1v) is 18.7. The molecule has 4 aliphatic rings. The molecule has 0 spiro atoms. The molecule has 0 saturated carbocycles. The van der Waals surface area contributed by atoms with Crippen molar-refractivity contribution in [2.45, 2.75) is 69.5 Å². The maximum atomic E-state index is 14.5. The maximum absolute atomic E-state index is 14.5. The van der Waals surface area contributed by atoms with Crippen molar-refractivity contribution in [3.63, 3.8) is 0 Å². The number of likely N-dealkylation sites (tertiary alicyclic amines) is 3. The summed E-state index contributed by atoms with van der Waals surface area (Å²) in [5.41, 5.74) is 2.77. The summed E-state index contributed by atoms with van der Waals surface area (Å²) in [6.45, 7) is 5.16. The summed E-state index contributed by atoms with van der Waals surface area (Å²) in [4.78, 5) is 50.2. The number of nitrogens with zero attached hydrogens (tertiary/aromatic N) is 4. The summed E-state index contributed by atoms with van der Waals surface area (Å²) in [5.74, 6) is -0.00661. The van der Waals surface area contributed by atoms with Gasteiger partial charge in [0.05, 0.1) is 19.3 Å². The molecule has 3 aromatic rings. The molecule has 4 fully saturated rings. The van der Waals surface area contributed by atoms with Gasteiger partial charge in [0, 0.05) is 18.7 Å². The van der Waals surface area contributed by atoms with Crippen LogP contribution in [0, 0.1) is 5.92 Å². The van der Waals surface area contributed by atoms with E-state index in [9.17, 15) is 14.4 Å². The van der Waals surface area contributed by atoms with Gasteiger partial charge in [0.25, 0.3) is 5.91 Å². The van der Waals surface area contributed by atoms with E-state index in [-0.39, 0.29) is 30.9 Å². The van der Waals surface area contributed by atoms with Gasteiger partial charge in [0.2, 0.25) is 11.8 Å². The topological polar surface area (TPSA) is 82.6 Å². The monoisotopic (exact) mass is 690 g/mol. The molecule has 9 heteroatoms. The fourth-order valence-electron chi connectivity index (χ4n) is 8.08. The zero-order valence-corrected chi connectivity index (χ0v) is 29.4. The highest BCUT2D eigenvalue weighted by atomic mass is 16.5. The van der Waals surface area contributed by atoms with Gasteiger partial charge in [-0.2, -0.15) is 0 Å². The highest BCUT2D eigenvalue weighted by molar-refractivity contribution is 5.99. The van der Waals surface area contributed by atoms with E-state index >= 15 is 0 Å². The normalized spacial score (nSPS) is 23.9. The molecule has 51 heavy (non-hydrogen) atoms. The number of hydrogen-bond acceptors (Lipinski definition) is 6. The summed E-state index contributed by atoms with van der Waals surface area (Å²) in [6.07, 6.45) is 10.3. The first-order chi connectivity index (χ1) is 25.1. The number of carbonyl (C=O) groups excluding carboxylic acids is 3. The Morgan fingerprint density at radius 3 is 2.22 bits per heavy atom. The number of amides is 3. The number of benzene rings is 3. The molecule has 9 nitrogen and oxygen atoms in total. The van der Waals surface area contributed by atoms with Gasteiger partial charge >= 0.3 is 0 Å². The van der Waals surface area contributed by atoms with Crippen LogP contribution in [0.1, 0.15) is 61.4 Å². The zero-order valence-electron chi connectivity index (χ0n) is 29.4. The van der Waals surface area contributed by atoms with Gasteiger partial charge in [0.15, 0.2) is 6.23 Å². The van der Waals surface area contributed by atoms with Gasteiger partial charge in [-0.1, -0.05) is 110 Å². The first-order valence-electron chi connectivity index (χ1n) is 18.7. The summed E-state index contributed by atoms with van der Waals surface area (Å²) >= 11 is 0. The zero-order chi connectivity index (χ0) is 35.0. The second kappa shape index (κ2) is 16.8. The van der Waals surface area contributed by atoms with Crippen molar-refractivity contribution in [2.24, 2.45) is 5.92 Å². The SMILES string of the molecule is O=C([C@@H](COCc1ccccc1)N1C(=O)[C@@H](N2C(=O)CO[C@@H]2c2ccccc2)[C@H]1/C=C/c1ccccc1)N1CCC(CCN2CCCCC2)CC1. The van der Waals surface area contributed by atoms with Crippen molar-refractivity contribution in [1.82, 2.24) is 19.6 Å². The molecule has 3 aromatic carbocycles. The van der Waals surface area contributed by atoms with Crippen molar-refractivity contribution in [3.05, 3.63) is 114 Å². The van der Waals surface area contributed by atoms with Gasteiger partial charge in [-0.05, 0) is 68.8 Å². The fraction of sp³-hybridized carbons (Fsp3) is 0.452. The number of β-lactam (4-membered cyclic amide) rings is 1. The molecule has 7 rings (SSSR count). The lowest BCUT2D eigenvalue weighted by Gasteiger charge is -2.53. The third-order valence-corrected chi connectivity index (χ3v) is 11.0. The van der Waals surface area contributed by atoms with Crippen molar-refractivity contribution in [1.29, 1.82) is 0 Å². The van der Waals surface area contributed by atoms with Crippen LogP contribution in [0.2, 0.25) is 0 Å². The molecule has 0 N–H and O–H groups in total. The Morgan fingerprint density at radius 1 is 0.843 bits per heavy atom. The van der Waals surface area contributed by atoms with Crippen LogP contribution in [0.15, 0.2) is 97.1 Å². The Labute approximate surface area is 301 Å². The minimum Gasteiger partial charge on any atom is -0.374 e. The van der Waals surface area contributed by atoms with Crippen molar-refractivity contribution >= 4 is 23.8 Å². The molecule has 0 aromatic heterocycles. The summed E-state index contributed by atoms with van der Waals surface area (Å²) < 4.78 is 12.2. The van der Waals surface area contributed by atoms with Crippen LogP contribution in [0.5, 0.6) is 0 Å². The smallest absolute Gasteiger partial charge is 0.251 e. The van der Waals surface area contributed by atoms with Crippen LogP contribution in [0.4, 0.5) is 0 Å². The number of rotatable bonds is 13. The molecule has 0 radical (unpaired) electrons. The van der Waals surface area contributed by atoms with E-state index in [1.807, 2.05) is 108 Å². The molecule has 0 aliphatic carbocycles. The molecule has 0 bridgehead atoms. The minimum atomic E-state index is -0.832. The number of ether oxygens (including phenoxy) is 2. The summed E-state index contributed by atoms with van der Waals surface area (Å²) in [7, 11) is 0. The van der Waals surface area contributed by atoms with E-state index in [4.69, 9.17) is 9.47 Å². The highest BCUT2D eigenvalue weighted by Gasteiger charge is 2.58. The third-order valence-electron chi connectivity index (χ3n) is 11.0. The van der Waals surface area contributed by atoms with E-state index in [0.29, 0.717) is 25.6 Å². The van der Waals surface area contributed by atoms with Crippen LogP contribution < -0.4 is 0 Å². The van der Waals surface area contributed by atoms with Gasteiger partial charge in [-0.3, -0.25) is 19.3 Å². The number of hydrogen-bond donors (Lipinski definition) is 0. The Morgan fingerprint density at radius 2 is 1.51 bits per heavy atom. The molecular formula is C42H50N4O5. The first kappa shape index (κ1) is 35.1. The number of piperidine rings is 2. The highest BCUT2D eigenvalue weighted by Crippen LogP contribution is 2.39. The second-order valence-corrected chi connectivity index (χ2v) is 14.3. The average molecular weight is 691 g/mol. The van der Waals surface area contributed by atoms with Gasteiger partial charge in [-0.15, -0.1) is 0 Å². The minimum absolute atomic E-state index is 0.0588. The standard InChI is InChI=1S/C42H50N4O5/c47-38-31-51-42(35-17-9-3-10-18-35)46(38)39-36(20-19-32-13-5-1-6-14-32)45(41(39)49)37(30-50-29-34-15-7-2-8-16-34)40(48)44-27-22-33(23-28-44)21-26-43-24-11-4-12-25-43/h1-3,5-10,13-20,33,36-37,39,42H,4,11-12,21-31H2/b20-19+/t36-,37-,39+,42-/m1/s1. The molecule has 4 heterocycles. The van der Waals surface area contributed by atoms with Gasteiger partial charge < -0.3 is 24.2 Å². The van der Waals surface area contributed by atoms with Gasteiger partial charge in [-0.25, -0.2) is 0 Å². The summed E-state index contributed by atoms with van der Waals surface area (Å²) in [5, 5.41) is 0. The van der Waals surface area contributed by atoms with Crippen molar-refractivity contribution < 1.29 is 23.9 Å². The summed E-state index contributed by atoms with van der Waals surface area (Å²) in [6, 6.07) is 27.1. The molecule has 4 saturated heterocycles. The quantitative estimate of drug-likeness (QED) is 0.219. The maximum Gasteiger partial charge on any atom is 0.251 e. The Balaban J connectivity index is 1.12. The van der Waals surface area contributed by atoms with Crippen LogP contribution in [-0.4, -0.2) is 101 Å². The van der Waals surface area contributed by atoms with Crippen LogP contribution >= 0.6 is 0 Å². The van der Waals surface area contributed by atoms with Crippen LogP contribution in [0.25, 0.3) is 6.08 Å². The lowest BCUT2D eigenvalue weighted by atomic mass is 9.88. The van der Waals surface area contributed by atoms with Crippen LogP contribution in [-0.2, 0) is 30.5 Å². The fourth-order valence-corrected chi connectivity index (χ4v) is 8.08. The Bertz CT molecular complexity index is 1620. The average Bonchev–Trinajstić information content (AvgIpc) is 3.56. The van der Waals surface area contributed by atoms with E-state index < -0.39 is 24.4 Å². The third kappa shape index (κ3) is 8.27. The molecule has 4 aliphatic heterocycles.